The Balaban J connectivity index is 3.71. The highest BCUT2D eigenvalue weighted by atomic mass is 28.4. The Morgan fingerprint density at radius 3 is 1.33 bits per heavy atom. The van der Waals surface area contributed by atoms with Gasteiger partial charge < -0.3 is 27.0 Å². The van der Waals surface area contributed by atoms with Crippen molar-refractivity contribution in [1.82, 2.24) is 0 Å². The first kappa shape index (κ1) is 42.2. The number of halogens is 5. The highest BCUT2D eigenvalue weighted by Gasteiger charge is 2.45. The fourth-order valence-electron chi connectivity index (χ4n) is 4.05. The van der Waals surface area contributed by atoms with Gasteiger partial charge in [0.2, 0.25) is 5.82 Å². The van der Waals surface area contributed by atoms with Crippen molar-refractivity contribution < 1.29 is 48.9 Å². The van der Waals surface area contributed by atoms with Crippen LogP contribution in [-0.2, 0) is 33.6 Å². The minimum absolute atomic E-state index is 0.272. The lowest BCUT2D eigenvalue weighted by atomic mass is 10.0. The van der Waals surface area contributed by atoms with Crippen LogP contribution in [0.5, 0.6) is 0 Å². The van der Waals surface area contributed by atoms with Crippen LogP contribution in [0.25, 0.3) is 0 Å². The van der Waals surface area contributed by atoms with Crippen LogP contribution >= 0.6 is 0 Å². The molecule has 4 unspecified atom stereocenters. The predicted octanol–water partition coefficient (Wildman–Crippen LogP) is 8.62. The molecule has 0 aromatic heterocycles. The molecule has 17 heteroatoms. The molecule has 0 saturated carbocycles. The van der Waals surface area contributed by atoms with Crippen LogP contribution in [0.2, 0.25) is 98.2 Å². The van der Waals surface area contributed by atoms with E-state index < -0.39 is 107 Å². The summed E-state index contributed by atoms with van der Waals surface area (Å²) >= 11 is 0. The molecule has 0 radical (unpaired) electrons. The van der Waals surface area contributed by atoms with E-state index in [4.69, 9.17) is 27.0 Å². The third-order valence-electron chi connectivity index (χ3n) is 5.46. The summed E-state index contributed by atoms with van der Waals surface area (Å²) < 4.78 is 103. The number of rotatable bonds is 18. The van der Waals surface area contributed by atoms with Gasteiger partial charge in [-0.2, -0.15) is 0 Å². The van der Waals surface area contributed by atoms with Gasteiger partial charge in [0.05, 0.1) is 30.6 Å². The molecule has 0 aliphatic rings. The quantitative estimate of drug-likeness (QED) is 0.0376. The van der Waals surface area contributed by atoms with Crippen molar-refractivity contribution in [2.75, 3.05) is 6.61 Å². The second-order valence-electron chi connectivity index (χ2n) is 15.9. The Labute approximate surface area is 271 Å². The minimum atomic E-state index is -2.33. The molecule has 1 aromatic rings. The van der Waals surface area contributed by atoms with Crippen molar-refractivity contribution in [3.63, 3.8) is 0 Å². The maximum absolute atomic E-state index is 14.2. The number of nitrogens with zero attached hydrogens (tertiary/aromatic N) is 1. The van der Waals surface area contributed by atoms with E-state index in [1.54, 1.807) is 0 Å². The van der Waals surface area contributed by atoms with E-state index in [1.165, 1.54) is 6.21 Å². The molecule has 1 rings (SSSR count). The second kappa shape index (κ2) is 16.1. The molecule has 0 N–H and O–H groups in total. The Hall–Kier alpha value is -0.776. The first-order chi connectivity index (χ1) is 20.0. The van der Waals surface area contributed by atoms with Crippen molar-refractivity contribution in [3.8, 4) is 0 Å². The molecule has 0 bridgehead atoms. The predicted molar refractivity (Wildman–Crippen MR) is 182 cm³/mol. The summed E-state index contributed by atoms with van der Waals surface area (Å²) in [6.45, 7) is 30.0. The molecule has 0 fully saturated rings. The zero-order valence-corrected chi connectivity index (χ0v) is 34.6. The maximum Gasteiger partial charge on any atom is 0.200 e. The molecule has 0 amide bonds. The van der Waals surface area contributed by atoms with Gasteiger partial charge >= 0.3 is 0 Å². The van der Waals surface area contributed by atoms with Crippen LogP contribution in [0, 0.1) is 29.1 Å². The van der Waals surface area contributed by atoms with Crippen LogP contribution in [-0.4, -0.2) is 78.8 Å². The van der Waals surface area contributed by atoms with Gasteiger partial charge in [0.15, 0.2) is 64.9 Å². The van der Waals surface area contributed by atoms with Gasteiger partial charge in [-0.15, -0.1) is 0 Å². The van der Waals surface area contributed by atoms with E-state index in [9.17, 15) is 22.0 Å². The summed E-state index contributed by atoms with van der Waals surface area (Å²) in [6.07, 6.45) is -1.51. The van der Waals surface area contributed by atoms with Crippen LogP contribution in [0.15, 0.2) is 5.16 Å². The van der Waals surface area contributed by atoms with Gasteiger partial charge in [0, 0.05) is 0 Å². The van der Waals surface area contributed by atoms with Crippen molar-refractivity contribution in [2.45, 2.75) is 129 Å². The topological polar surface area (TPSA) is 67.7 Å². The van der Waals surface area contributed by atoms with Crippen LogP contribution in [0.1, 0.15) is 5.56 Å². The van der Waals surface area contributed by atoms with Gasteiger partial charge in [0.25, 0.3) is 0 Å². The van der Waals surface area contributed by atoms with Gasteiger partial charge in [-0.3, -0.25) is 0 Å². The Kier molecular flexibility index (Phi) is 15.1. The van der Waals surface area contributed by atoms with E-state index >= 15 is 0 Å². The molecule has 262 valence electrons. The number of hydrogen-bond donors (Lipinski definition) is 0. The zero-order valence-electron chi connectivity index (χ0n) is 29.6. The molecule has 0 heterocycles. The van der Waals surface area contributed by atoms with Gasteiger partial charge in [-0.05, 0) is 98.2 Å². The first-order valence-corrected chi connectivity index (χ1v) is 32.1. The third kappa shape index (κ3) is 15.8. The number of oxime groups is 1. The van der Waals surface area contributed by atoms with Crippen molar-refractivity contribution in [3.05, 3.63) is 34.6 Å². The minimum Gasteiger partial charge on any atom is -0.415 e. The molecular formula is C28H54F5NO6Si5. The lowest BCUT2D eigenvalue weighted by Crippen LogP contribution is -2.60. The summed E-state index contributed by atoms with van der Waals surface area (Å²) in [5.41, 5.74) is -1.13. The fraction of sp³-hybridized carbons (Fsp3) is 0.750. The Morgan fingerprint density at radius 2 is 0.933 bits per heavy atom. The SMILES string of the molecule is C[Si](C)(C)OCC(O[Si](C)(C)C)C(O[Si](C)(C)C)C(O[Si](C)(C)C)C(/C=N/OCc1c(F)c(F)c(F)c(F)c1F)O[Si](C)(C)C. The van der Waals surface area contributed by atoms with E-state index in [0.717, 1.165) is 0 Å². The summed E-state index contributed by atoms with van der Waals surface area (Å²) in [6, 6.07) is 0. The highest BCUT2D eigenvalue weighted by molar-refractivity contribution is 6.71. The molecule has 45 heavy (non-hydrogen) atoms. The molecule has 0 aliphatic heterocycles. The van der Waals surface area contributed by atoms with Crippen molar-refractivity contribution >= 4 is 47.8 Å². The second-order valence-corrected chi connectivity index (χ2v) is 38.2. The molecule has 7 nitrogen and oxygen atoms in total. The largest absolute Gasteiger partial charge is 0.415 e. The lowest BCUT2D eigenvalue weighted by molar-refractivity contribution is -0.0734. The van der Waals surface area contributed by atoms with Crippen molar-refractivity contribution in [2.24, 2.45) is 5.16 Å². The summed E-state index contributed by atoms with van der Waals surface area (Å²) in [5, 5.41) is 3.90. The maximum atomic E-state index is 14.2. The van der Waals surface area contributed by atoms with E-state index in [-0.39, 0.29) is 6.61 Å². The normalized spacial score (nSPS) is 16.6. The number of benzene rings is 1. The van der Waals surface area contributed by atoms with Crippen LogP contribution < -0.4 is 0 Å². The average Bonchev–Trinajstić information content (AvgIpc) is 2.82. The molecule has 4 atom stereocenters. The molecule has 0 spiro atoms. The lowest BCUT2D eigenvalue weighted by Gasteiger charge is -2.45. The standard InChI is InChI=1S/C28H54F5NO6Si5/c1-41(2,3)36-18-21(38-43(7,8)9)28(40-45(13,14)15)27(39-44(10,11)12)20(37-42(4,5)6)16-34-35-17-19-22(29)24(31)26(33)25(32)23(19)30/h16,20-21,27-28H,17-18H2,1-15H3/b34-16+. The Bertz CT molecular complexity index is 1120. The van der Waals surface area contributed by atoms with Crippen LogP contribution in [0.4, 0.5) is 22.0 Å². The smallest absolute Gasteiger partial charge is 0.200 e. The van der Waals surface area contributed by atoms with E-state index in [0.29, 0.717) is 0 Å². The zero-order chi connectivity index (χ0) is 35.3. The fourth-order valence-corrected chi connectivity index (χ4v) is 9.02. The summed E-state index contributed by atoms with van der Waals surface area (Å²) in [5.74, 6) is -10.3. The van der Waals surface area contributed by atoms with Gasteiger partial charge in [0.1, 0.15) is 18.8 Å². The van der Waals surface area contributed by atoms with Crippen molar-refractivity contribution in [1.29, 1.82) is 0 Å². The monoisotopic (exact) mass is 735 g/mol. The first-order valence-electron chi connectivity index (χ1n) is 15.0. The summed E-state index contributed by atoms with van der Waals surface area (Å²) in [4.78, 5) is 5.12. The van der Waals surface area contributed by atoms with Crippen LogP contribution in [0.3, 0.4) is 0 Å². The summed E-state index contributed by atoms with van der Waals surface area (Å²) in [7, 11) is -11.0. The number of hydrogen-bond acceptors (Lipinski definition) is 7. The molecule has 1 aromatic carbocycles. The average molecular weight is 736 g/mol. The third-order valence-corrected chi connectivity index (χ3v) is 10.4. The van der Waals surface area contributed by atoms with E-state index in [1.807, 2.05) is 39.3 Å². The molecule has 0 aliphatic carbocycles. The molecule has 0 saturated heterocycles. The van der Waals surface area contributed by atoms with Gasteiger partial charge in [-0.25, -0.2) is 22.0 Å². The molecular weight excluding hydrogens is 682 g/mol. The van der Waals surface area contributed by atoms with E-state index in [2.05, 4.69) is 64.1 Å². The Morgan fingerprint density at radius 1 is 0.533 bits per heavy atom. The highest BCUT2D eigenvalue weighted by Crippen LogP contribution is 2.29. The van der Waals surface area contributed by atoms with Gasteiger partial charge in [-0.1, -0.05) is 5.16 Å².